The summed E-state index contributed by atoms with van der Waals surface area (Å²) in [6, 6.07) is 15.2. The van der Waals surface area contributed by atoms with Gasteiger partial charge in [-0.05, 0) is 42.1 Å². The number of likely N-dealkylation sites (tertiary alicyclic amines) is 1. The van der Waals surface area contributed by atoms with E-state index < -0.39 is 11.7 Å². The van der Waals surface area contributed by atoms with E-state index in [0.717, 1.165) is 38.2 Å². The van der Waals surface area contributed by atoms with Gasteiger partial charge < -0.3 is 10.2 Å². The minimum Gasteiger partial charge on any atom is -0.355 e. The van der Waals surface area contributed by atoms with Crippen LogP contribution in [-0.4, -0.2) is 37.0 Å². The third-order valence-corrected chi connectivity index (χ3v) is 4.94. The largest absolute Gasteiger partial charge is 0.416 e. The second kappa shape index (κ2) is 8.57. The molecule has 2 aromatic carbocycles. The van der Waals surface area contributed by atoms with Crippen LogP contribution in [-0.2, 0) is 17.4 Å². The molecular weight excluding hydrogens is 353 g/mol. The van der Waals surface area contributed by atoms with E-state index in [-0.39, 0.29) is 12.3 Å². The van der Waals surface area contributed by atoms with Crippen LogP contribution < -0.4 is 5.32 Å². The fourth-order valence-corrected chi connectivity index (χ4v) is 3.45. The molecule has 1 N–H and O–H groups in total. The van der Waals surface area contributed by atoms with Crippen LogP contribution in [0.2, 0.25) is 0 Å². The first-order valence-corrected chi connectivity index (χ1v) is 9.12. The van der Waals surface area contributed by atoms with Crippen molar-refractivity contribution in [2.24, 2.45) is 0 Å². The molecule has 0 radical (unpaired) electrons. The van der Waals surface area contributed by atoms with Crippen LogP contribution in [0, 0.1) is 0 Å². The first-order valence-electron chi connectivity index (χ1n) is 9.12. The summed E-state index contributed by atoms with van der Waals surface area (Å²) in [7, 11) is 0. The lowest BCUT2D eigenvalue weighted by Gasteiger charge is -2.16. The zero-order valence-electron chi connectivity index (χ0n) is 15.0. The van der Waals surface area contributed by atoms with Crippen LogP contribution in [0.25, 0.3) is 0 Å². The minimum absolute atomic E-state index is 0.0881. The van der Waals surface area contributed by atoms with Crippen molar-refractivity contribution in [2.45, 2.75) is 24.9 Å². The van der Waals surface area contributed by atoms with E-state index in [4.69, 9.17) is 0 Å². The number of amides is 1. The molecule has 1 atom stereocenters. The molecule has 2 aromatic rings. The molecular formula is C21H23F3N2O. The molecule has 3 rings (SSSR count). The summed E-state index contributed by atoms with van der Waals surface area (Å²) < 4.78 is 37.6. The molecule has 0 aliphatic carbocycles. The highest BCUT2D eigenvalue weighted by Crippen LogP contribution is 2.29. The van der Waals surface area contributed by atoms with Gasteiger partial charge in [0.05, 0.1) is 12.0 Å². The Labute approximate surface area is 157 Å². The minimum atomic E-state index is -4.35. The molecule has 3 nitrogen and oxygen atoms in total. The van der Waals surface area contributed by atoms with Gasteiger partial charge >= 0.3 is 6.18 Å². The molecule has 1 saturated heterocycles. The van der Waals surface area contributed by atoms with E-state index in [1.54, 1.807) is 0 Å². The van der Waals surface area contributed by atoms with Crippen LogP contribution in [0.4, 0.5) is 13.2 Å². The second-order valence-corrected chi connectivity index (χ2v) is 6.92. The van der Waals surface area contributed by atoms with Crippen LogP contribution in [0.1, 0.15) is 29.0 Å². The zero-order chi connectivity index (χ0) is 19.3. The molecule has 6 heteroatoms. The average molecular weight is 376 g/mol. The highest BCUT2D eigenvalue weighted by molar-refractivity contribution is 5.78. The van der Waals surface area contributed by atoms with E-state index >= 15 is 0 Å². The summed E-state index contributed by atoms with van der Waals surface area (Å²) >= 11 is 0. The van der Waals surface area contributed by atoms with Crippen molar-refractivity contribution in [3.8, 4) is 0 Å². The van der Waals surface area contributed by atoms with Crippen LogP contribution >= 0.6 is 0 Å². The predicted octanol–water partition coefficient (Wildman–Crippen LogP) is 3.85. The Kier molecular flexibility index (Phi) is 6.16. The van der Waals surface area contributed by atoms with Crippen molar-refractivity contribution in [3.63, 3.8) is 0 Å². The Morgan fingerprint density at radius 1 is 1.07 bits per heavy atom. The molecule has 1 aliphatic heterocycles. The van der Waals surface area contributed by atoms with Gasteiger partial charge in [0.15, 0.2) is 0 Å². The van der Waals surface area contributed by atoms with Gasteiger partial charge in [-0.2, -0.15) is 13.2 Å². The lowest BCUT2D eigenvalue weighted by Crippen LogP contribution is -2.34. The summed E-state index contributed by atoms with van der Waals surface area (Å²) in [4.78, 5) is 14.3. The normalized spacial score (nSPS) is 17.8. The van der Waals surface area contributed by atoms with Gasteiger partial charge in [0, 0.05) is 19.6 Å². The van der Waals surface area contributed by atoms with Gasteiger partial charge in [0.1, 0.15) is 0 Å². The molecule has 1 aliphatic rings. The van der Waals surface area contributed by atoms with Gasteiger partial charge in [-0.1, -0.05) is 42.5 Å². The molecule has 0 saturated carbocycles. The quantitative estimate of drug-likeness (QED) is 0.831. The molecule has 1 amide bonds. The molecule has 1 fully saturated rings. The van der Waals surface area contributed by atoms with E-state index in [9.17, 15) is 18.0 Å². The molecule has 144 valence electrons. The fraction of sp³-hybridized carbons (Fsp3) is 0.381. The van der Waals surface area contributed by atoms with Crippen LogP contribution in [0.3, 0.4) is 0 Å². The van der Waals surface area contributed by atoms with Crippen molar-refractivity contribution < 1.29 is 18.0 Å². The van der Waals surface area contributed by atoms with Gasteiger partial charge in [0.25, 0.3) is 0 Å². The molecule has 27 heavy (non-hydrogen) atoms. The number of nitrogens with one attached hydrogen (secondary N) is 1. The topological polar surface area (TPSA) is 32.3 Å². The molecule has 0 aromatic heterocycles. The molecule has 0 spiro atoms. The Balaban J connectivity index is 1.39. The maximum Gasteiger partial charge on any atom is 0.416 e. The lowest BCUT2D eigenvalue weighted by molar-refractivity contribution is -0.137. The second-order valence-electron chi connectivity index (χ2n) is 6.92. The highest BCUT2D eigenvalue weighted by atomic mass is 19.4. The number of alkyl halides is 3. The standard InChI is InChI=1S/C21H23F3N2O/c22-21(23,24)19-8-6-16(7-9-19)14-20(27)25-11-13-26-12-10-18(15-26)17-4-2-1-3-5-17/h1-9,18H,10-15H2,(H,25,27)/t18-/m1/s1. The van der Waals surface area contributed by atoms with Crippen molar-refractivity contribution in [2.75, 3.05) is 26.2 Å². The van der Waals surface area contributed by atoms with Crippen molar-refractivity contribution in [1.82, 2.24) is 10.2 Å². The molecule has 0 unspecified atom stereocenters. The van der Waals surface area contributed by atoms with Gasteiger partial charge in [-0.3, -0.25) is 4.79 Å². The van der Waals surface area contributed by atoms with E-state index in [2.05, 4.69) is 34.5 Å². The lowest BCUT2D eigenvalue weighted by atomic mass is 9.99. The van der Waals surface area contributed by atoms with Crippen molar-refractivity contribution in [3.05, 3.63) is 71.3 Å². The van der Waals surface area contributed by atoms with Crippen molar-refractivity contribution in [1.29, 1.82) is 0 Å². The van der Waals surface area contributed by atoms with E-state index in [1.807, 2.05) is 6.07 Å². The van der Waals surface area contributed by atoms with Crippen LogP contribution in [0.15, 0.2) is 54.6 Å². The number of benzene rings is 2. The number of carbonyl (C=O) groups is 1. The number of hydrogen-bond donors (Lipinski definition) is 1. The Morgan fingerprint density at radius 2 is 1.78 bits per heavy atom. The smallest absolute Gasteiger partial charge is 0.355 e. The van der Waals surface area contributed by atoms with Gasteiger partial charge in [-0.25, -0.2) is 0 Å². The highest BCUT2D eigenvalue weighted by Gasteiger charge is 2.30. The summed E-state index contributed by atoms with van der Waals surface area (Å²) in [6.45, 7) is 3.32. The number of halogens is 3. The maximum absolute atomic E-state index is 12.5. The number of nitrogens with zero attached hydrogens (tertiary/aromatic N) is 1. The third-order valence-electron chi connectivity index (χ3n) is 4.94. The van der Waals surface area contributed by atoms with Crippen LogP contribution in [0.5, 0.6) is 0 Å². The van der Waals surface area contributed by atoms with E-state index in [1.165, 1.54) is 17.7 Å². The SMILES string of the molecule is O=C(Cc1ccc(C(F)(F)F)cc1)NCCN1CC[C@@H](c2ccccc2)C1. The number of carbonyl (C=O) groups excluding carboxylic acids is 1. The Morgan fingerprint density at radius 3 is 2.44 bits per heavy atom. The molecule has 1 heterocycles. The molecule has 0 bridgehead atoms. The van der Waals surface area contributed by atoms with Gasteiger partial charge in [0.2, 0.25) is 5.91 Å². The summed E-state index contributed by atoms with van der Waals surface area (Å²) in [5, 5.41) is 2.85. The first-order chi connectivity index (χ1) is 12.9. The Hall–Kier alpha value is -2.34. The summed E-state index contributed by atoms with van der Waals surface area (Å²) in [5.74, 6) is 0.364. The first kappa shape index (κ1) is 19.4. The maximum atomic E-state index is 12.5. The summed E-state index contributed by atoms with van der Waals surface area (Å²) in [6.07, 6.45) is -3.15. The zero-order valence-corrected chi connectivity index (χ0v) is 15.0. The van der Waals surface area contributed by atoms with E-state index in [0.29, 0.717) is 18.0 Å². The number of hydrogen-bond acceptors (Lipinski definition) is 2. The number of rotatable bonds is 6. The predicted molar refractivity (Wildman–Crippen MR) is 98.4 cm³/mol. The van der Waals surface area contributed by atoms with Crippen molar-refractivity contribution >= 4 is 5.91 Å². The average Bonchev–Trinajstić information content (AvgIpc) is 3.11. The summed E-state index contributed by atoms with van der Waals surface area (Å²) in [5.41, 5.74) is 1.23. The monoisotopic (exact) mass is 376 g/mol. The Bertz CT molecular complexity index is 744. The van der Waals surface area contributed by atoms with Gasteiger partial charge in [-0.15, -0.1) is 0 Å². The fourth-order valence-electron chi connectivity index (χ4n) is 3.45. The third kappa shape index (κ3) is 5.57.